The maximum Gasteiger partial charge on any atom is 0.272 e. The van der Waals surface area contributed by atoms with E-state index in [0.29, 0.717) is 10.2 Å². The minimum Gasteiger partial charge on any atom is -0.263 e. The SMILES string of the molecule is Cc1ccc(-n2nccc2NS(=O)(=O)c2cc(C)c(Cl)s2)nn1. The molecule has 0 fully saturated rings. The van der Waals surface area contributed by atoms with Gasteiger partial charge in [0.25, 0.3) is 10.0 Å². The van der Waals surface area contributed by atoms with Gasteiger partial charge in [0, 0.05) is 6.07 Å². The molecule has 0 saturated heterocycles. The lowest BCUT2D eigenvalue weighted by Gasteiger charge is -2.08. The van der Waals surface area contributed by atoms with Gasteiger partial charge < -0.3 is 0 Å². The number of anilines is 1. The lowest BCUT2D eigenvalue weighted by atomic mass is 10.4. The molecule has 3 aromatic rings. The van der Waals surface area contributed by atoms with Crippen molar-refractivity contribution in [2.75, 3.05) is 4.72 Å². The van der Waals surface area contributed by atoms with Gasteiger partial charge in [0.15, 0.2) is 5.82 Å². The first-order valence-electron chi connectivity index (χ1n) is 6.50. The molecule has 3 aromatic heterocycles. The van der Waals surface area contributed by atoms with Crippen molar-refractivity contribution < 1.29 is 8.42 Å². The number of aryl methyl sites for hydroxylation is 2. The van der Waals surface area contributed by atoms with Crippen molar-refractivity contribution in [3.63, 3.8) is 0 Å². The molecule has 23 heavy (non-hydrogen) atoms. The third kappa shape index (κ3) is 3.21. The van der Waals surface area contributed by atoms with Gasteiger partial charge in [-0.2, -0.15) is 14.9 Å². The maximum atomic E-state index is 12.5. The molecular formula is C13H12ClN5O2S2. The number of halogens is 1. The molecular weight excluding hydrogens is 358 g/mol. The predicted molar refractivity (Wildman–Crippen MR) is 88.8 cm³/mol. The van der Waals surface area contributed by atoms with Gasteiger partial charge in [-0.05, 0) is 37.6 Å². The Morgan fingerprint density at radius 2 is 2.00 bits per heavy atom. The average molecular weight is 370 g/mol. The number of hydrogen-bond acceptors (Lipinski definition) is 6. The van der Waals surface area contributed by atoms with E-state index in [1.165, 1.54) is 16.9 Å². The van der Waals surface area contributed by atoms with E-state index in [-0.39, 0.29) is 10.0 Å². The molecule has 3 heterocycles. The molecule has 0 saturated carbocycles. The fourth-order valence-electron chi connectivity index (χ4n) is 1.82. The van der Waals surface area contributed by atoms with E-state index in [0.717, 1.165) is 22.6 Å². The summed E-state index contributed by atoms with van der Waals surface area (Å²) in [5.74, 6) is 0.684. The predicted octanol–water partition coefficient (Wildman–Crippen LogP) is 2.79. The zero-order valence-electron chi connectivity index (χ0n) is 12.2. The number of thiophene rings is 1. The van der Waals surface area contributed by atoms with Crippen LogP contribution in [-0.2, 0) is 10.0 Å². The Morgan fingerprint density at radius 1 is 1.22 bits per heavy atom. The van der Waals surface area contributed by atoms with E-state index in [1.54, 1.807) is 25.1 Å². The van der Waals surface area contributed by atoms with Crippen LogP contribution in [0.4, 0.5) is 5.82 Å². The third-order valence-electron chi connectivity index (χ3n) is 2.98. The molecule has 120 valence electrons. The van der Waals surface area contributed by atoms with Crippen LogP contribution in [0.3, 0.4) is 0 Å². The number of aromatic nitrogens is 4. The van der Waals surface area contributed by atoms with E-state index >= 15 is 0 Å². The highest BCUT2D eigenvalue weighted by atomic mass is 35.5. The molecule has 0 atom stereocenters. The molecule has 0 amide bonds. The molecule has 0 aliphatic carbocycles. The van der Waals surface area contributed by atoms with Crippen LogP contribution in [0.5, 0.6) is 0 Å². The van der Waals surface area contributed by atoms with Gasteiger partial charge in [0.1, 0.15) is 10.0 Å². The van der Waals surface area contributed by atoms with Crippen LogP contribution in [0.1, 0.15) is 11.3 Å². The van der Waals surface area contributed by atoms with Crippen molar-refractivity contribution in [2.24, 2.45) is 0 Å². The average Bonchev–Trinajstić information content (AvgIpc) is 3.07. The lowest BCUT2D eigenvalue weighted by Crippen LogP contribution is -2.15. The van der Waals surface area contributed by atoms with Crippen LogP contribution in [0, 0.1) is 13.8 Å². The van der Waals surface area contributed by atoms with Gasteiger partial charge in [-0.25, -0.2) is 8.42 Å². The molecule has 0 radical (unpaired) electrons. The molecule has 0 unspecified atom stereocenters. The number of hydrogen-bond donors (Lipinski definition) is 1. The standard InChI is InChI=1S/C13H12ClN5O2S2/c1-8-7-12(22-13(8)14)23(20,21)18-11-5-6-15-19(11)10-4-3-9(2)16-17-10/h3-7,18H,1-2H3. The molecule has 10 heteroatoms. The van der Waals surface area contributed by atoms with Gasteiger partial charge in [0.2, 0.25) is 0 Å². The van der Waals surface area contributed by atoms with Crippen LogP contribution in [-0.4, -0.2) is 28.4 Å². The van der Waals surface area contributed by atoms with E-state index in [9.17, 15) is 8.42 Å². The molecule has 0 aromatic carbocycles. The van der Waals surface area contributed by atoms with E-state index in [1.807, 2.05) is 6.92 Å². The summed E-state index contributed by atoms with van der Waals surface area (Å²) in [6.07, 6.45) is 1.48. The molecule has 7 nitrogen and oxygen atoms in total. The molecule has 0 aliphatic heterocycles. The van der Waals surface area contributed by atoms with Crippen molar-refractivity contribution in [3.05, 3.63) is 46.1 Å². The third-order valence-corrected chi connectivity index (χ3v) is 6.37. The Hall–Kier alpha value is -1.97. The normalized spacial score (nSPS) is 11.6. The van der Waals surface area contributed by atoms with Crippen LogP contribution in [0.15, 0.2) is 34.7 Å². The monoisotopic (exact) mass is 369 g/mol. The van der Waals surface area contributed by atoms with Crippen molar-refractivity contribution in [3.8, 4) is 5.82 Å². The number of nitrogens with zero attached hydrogens (tertiary/aromatic N) is 4. The second-order valence-electron chi connectivity index (χ2n) is 4.79. The van der Waals surface area contributed by atoms with Crippen molar-refractivity contribution >= 4 is 38.8 Å². The minimum absolute atomic E-state index is 0.141. The second-order valence-corrected chi connectivity index (χ2v) is 8.35. The smallest absolute Gasteiger partial charge is 0.263 e. The molecule has 0 bridgehead atoms. The van der Waals surface area contributed by atoms with Crippen LogP contribution in [0.25, 0.3) is 5.82 Å². The van der Waals surface area contributed by atoms with E-state index in [2.05, 4.69) is 20.0 Å². The van der Waals surface area contributed by atoms with Crippen LogP contribution in [0.2, 0.25) is 4.34 Å². The summed E-state index contributed by atoms with van der Waals surface area (Å²) in [6.45, 7) is 3.57. The largest absolute Gasteiger partial charge is 0.272 e. The van der Waals surface area contributed by atoms with E-state index in [4.69, 9.17) is 11.6 Å². The fraction of sp³-hybridized carbons (Fsp3) is 0.154. The Kier molecular flexibility index (Phi) is 4.09. The van der Waals surface area contributed by atoms with Gasteiger partial charge in [-0.15, -0.1) is 16.4 Å². The van der Waals surface area contributed by atoms with Crippen LogP contribution >= 0.6 is 22.9 Å². The summed E-state index contributed by atoms with van der Waals surface area (Å²) in [5, 5.41) is 12.0. The highest BCUT2D eigenvalue weighted by Crippen LogP contribution is 2.31. The summed E-state index contributed by atoms with van der Waals surface area (Å²) in [5.41, 5.74) is 1.47. The number of nitrogens with one attached hydrogen (secondary N) is 1. The van der Waals surface area contributed by atoms with Crippen molar-refractivity contribution in [1.29, 1.82) is 0 Å². The highest BCUT2D eigenvalue weighted by Gasteiger charge is 2.21. The Morgan fingerprint density at radius 3 is 2.61 bits per heavy atom. The van der Waals surface area contributed by atoms with Crippen LogP contribution < -0.4 is 4.72 Å². The summed E-state index contributed by atoms with van der Waals surface area (Å²) < 4.78 is 29.4. The zero-order chi connectivity index (χ0) is 16.6. The number of sulfonamides is 1. The quantitative estimate of drug-likeness (QED) is 0.763. The summed E-state index contributed by atoms with van der Waals surface area (Å²) in [6, 6.07) is 6.55. The van der Waals surface area contributed by atoms with E-state index < -0.39 is 10.0 Å². The topological polar surface area (TPSA) is 89.8 Å². The van der Waals surface area contributed by atoms with Crippen molar-refractivity contribution in [1.82, 2.24) is 20.0 Å². The molecule has 0 spiro atoms. The van der Waals surface area contributed by atoms with Crippen molar-refractivity contribution in [2.45, 2.75) is 18.1 Å². The summed E-state index contributed by atoms with van der Waals surface area (Å²) in [4.78, 5) is 0. The van der Waals surface area contributed by atoms with Gasteiger partial charge in [0.05, 0.1) is 16.2 Å². The Labute approximate surface area is 142 Å². The molecule has 0 aliphatic rings. The van der Waals surface area contributed by atoms with Gasteiger partial charge >= 0.3 is 0 Å². The Balaban J connectivity index is 1.95. The van der Waals surface area contributed by atoms with Gasteiger partial charge in [-0.1, -0.05) is 11.6 Å². The minimum atomic E-state index is -3.75. The first kappa shape index (κ1) is 15.9. The first-order chi connectivity index (χ1) is 10.9. The fourth-order valence-corrected chi connectivity index (χ4v) is 4.57. The van der Waals surface area contributed by atoms with Gasteiger partial charge in [-0.3, -0.25) is 4.72 Å². The summed E-state index contributed by atoms with van der Waals surface area (Å²) >= 11 is 6.95. The first-order valence-corrected chi connectivity index (χ1v) is 9.18. The summed E-state index contributed by atoms with van der Waals surface area (Å²) in [7, 11) is -3.75. The maximum absolute atomic E-state index is 12.5. The Bertz CT molecular complexity index is 928. The molecule has 3 rings (SSSR count). The molecule has 1 N–H and O–H groups in total. The lowest BCUT2D eigenvalue weighted by molar-refractivity contribution is 0.602. The second kappa shape index (κ2) is 5.91. The number of rotatable bonds is 4. The zero-order valence-corrected chi connectivity index (χ0v) is 14.6. The highest BCUT2D eigenvalue weighted by molar-refractivity contribution is 7.94.